The predicted octanol–water partition coefficient (Wildman–Crippen LogP) is 2.20. The van der Waals surface area contributed by atoms with Gasteiger partial charge in [0, 0.05) is 37.8 Å². The first-order chi connectivity index (χ1) is 13.2. The Bertz CT molecular complexity index is 683. The SMILES string of the molecule is CCOc1ccccc1/C=C/C(=O)N1CCCC(C(=O)N2CCOCC2)C1. The van der Waals surface area contributed by atoms with Crippen molar-refractivity contribution in [1.82, 2.24) is 9.80 Å². The molecular formula is C21H28N2O4. The van der Waals surface area contributed by atoms with Crippen LogP contribution in [0.1, 0.15) is 25.3 Å². The lowest BCUT2D eigenvalue weighted by molar-refractivity contribution is -0.143. The first-order valence-corrected chi connectivity index (χ1v) is 9.74. The van der Waals surface area contributed by atoms with Crippen LogP contribution < -0.4 is 4.74 Å². The molecule has 0 bridgehead atoms. The van der Waals surface area contributed by atoms with Crippen molar-refractivity contribution in [1.29, 1.82) is 0 Å². The minimum atomic E-state index is -0.107. The number of likely N-dealkylation sites (tertiary alicyclic amines) is 1. The highest BCUT2D eigenvalue weighted by atomic mass is 16.5. The zero-order valence-corrected chi connectivity index (χ0v) is 15.9. The number of ether oxygens (including phenoxy) is 2. The molecule has 6 nitrogen and oxygen atoms in total. The van der Waals surface area contributed by atoms with Crippen LogP contribution in [0, 0.1) is 5.92 Å². The fourth-order valence-corrected chi connectivity index (χ4v) is 3.59. The number of morpholine rings is 1. The van der Waals surface area contributed by atoms with E-state index in [0.29, 0.717) is 46.0 Å². The number of carbonyl (C=O) groups is 2. The maximum atomic E-state index is 12.7. The summed E-state index contributed by atoms with van der Waals surface area (Å²) < 4.78 is 10.9. The molecule has 0 N–H and O–H groups in total. The van der Waals surface area contributed by atoms with Crippen LogP contribution in [0.4, 0.5) is 0 Å². The molecule has 3 rings (SSSR count). The average Bonchev–Trinajstić information content (AvgIpc) is 2.73. The zero-order chi connectivity index (χ0) is 19.1. The molecule has 1 aromatic carbocycles. The van der Waals surface area contributed by atoms with E-state index in [-0.39, 0.29) is 17.7 Å². The molecule has 2 aliphatic heterocycles. The van der Waals surface area contributed by atoms with E-state index in [1.54, 1.807) is 17.1 Å². The van der Waals surface area contributed by atoms with Crippen molar-refractivity contribution in [3.8, 4) is 5.75 Å². The molecule has 0 saturated carbocycles. The molecule has 6 heteroatoms. The predicted molar refractivity (Wildman–Crippen MR) is 103 cm³/mol. The standard InChI is InChI=1S/C21H28N2O4/c1-2-27-19-8-4-3-6-17(19)9-10-20(24)23-11-5-7-18(16-23)21(25)22-12-14-26-15-13-22/h3-4,6,8-10,18H,2,5,7,11-16H2,1H3/b10-9+. The van der Waals surface area contributed by atoms with Gasteiger partial charge in [-0.1, -0.05) is 18.2 Å². The van der Waals surface area contributed by atoms with Gasteiger partial charge in [-0.2, -0.15) is 0 Å². The lowest BCUT2D eigenvalue weighted by Gasteiger charge is -2.35. The Morgan fingerprint density at radius 1 is 1.19 bits per heavy atom. The number of benzene rings is 1. The Hall–Kier alpha value is -2.34. The Balaban J connectivity index is 1.60. The van der Waals surface area contributed by atoms with Gasteiger partial charge in [0.05, 0.1) is 25.7 Å². The van der Waals surface area contributed by atoms with Crippen molar-refractivity contribution in [2.75, 3.05) is 46.0 Å². The van der Waals surface area contributed by atoms with Gasteiger partial charge in [0.25, 0.3) is 0 Å². The zero-order valence-electron chi connectivity index (χ0n) is 15.9. The van der Waals surface area contributed by atoms with Crippen molar-refractivity contribution >= 4 is 17.9 Å². The number of piperidine rings is 1. The topological polar surface area (TPSA) is 59.1 Å². The van der Waals surface area contributed by atoms with Gasteiger partial charge >= 0.3 is 0 Å². The van der Waals surface area contributed by atoms with Crippen LogP contribution in [0.25, 0.3) is 6.08 Å². The molecule has 2 saturated heterocycles. The van der Waals surface area contributed by atoms with E-state index < -0.39 is 0 Å². The maximum Gasteiger partial charge on any atom is 0.246 e. The molecule has 0 aliphatic carbocycles. The van der Waals surface area contributed by atoms with Gasteiger partial charge in [0.2, 0.25) is 11.8 Å². The molecule has 2 heterocycles. The first kappa shape index (κ1) is 19.4. The summed E-state index contributed by atoms with van der Waals surface area (Å²) in [7, 11) is 0. The summed E-state index contributed by atoms with van der Waals surface area (Å²) in [4.78, 5) is 29.0. The number of nitrogens with zero attached hydrogens (tertiary/aromatic N) is 2. The van der Waals surface area contributed by atoms with E-state index in [4.69, 9.17) is 9.47 Å². The van der Waals surface area contributed by atoms with Gasteiger partial charge in [0.1, 0.15) is 5.75 Å². The Kier molecular flexibility index (Phi) is 6.87. The molecular weight excluding hydrogens is 344 g/mol. The fourth-order valence-electron chi connectivity index (χ4n) is 3.59. The molecule has 27 heavy (non-hydrogen) atoms. The summed E-state index contributed by atoms with van der Waals surface area (Å²) >= 11 is 0. The van der Waals surface area contributed by atoms with E-state index in [0.717, 1.165) is 24.2 Å². The third-order valence-corrected chi connectivity index (χ3v) is 5.03. The van der Waals surface area contributed by atoms with Crippen LogP contribution in [0.2, 0.25) is 0 Å². The quantitative estimate of drug-likeness (QED) is 0.744. The highest BCUT2D eigenvalue weighted by Gasteiger charge is 2.31. The van der Waals surface area contributed by atoms with Crippen LogP contribution in [-0.2, 0) is 14.3 Å². The Labute approximate surface area is 160 Å². The van der Waals surface area contributed by atoms with Gasteiger partial charge < -0.3 is 19.3 Å². The normalized spacial score (nSPS) is 20.7. The molecule has 0 spiro atoms. The number of amides is 2. The largest absolute Gasteiger partial charge is 0.493 e. The van der Waals surface area contributed by atoms with E-state index in [1.807, 2.05) is 36.1 Å². The second kappa shape index (κ2) is 9.55. The number of para-hydroxylation sites is 1. The molecule has 0 radical (unpaired) electrons. The summed E-state index contributed by atoms with van der Waals surface area (Å²) in [5.74, 6) is 0.759. The highest BCUT2D eigenvalue weighted by molar-refractivity contribution is 5.92. The van der Waals surface area contributed by atoms with E-state index >= 15 is 0 Å². The molecule has 1 unspecified atom stereocenters. The summed E-state index contributed by atoms with van der Waals surface area (Å²) in [6.07, 6.45) is 5.08. The van der Waals surface area contributed by atoms with Crippen molar-refractivity contribution in [2.24, 2.45) is 5.92 Å². The fraction of sp³-hybridized carbons (Fsp3) is 0.524. The van der Waals surface area contributed by atoms with Crippen molar-refractivity contribution in [3.63, 3.8) is 0 Å². The minimum Gasteiger partial charge on any atom is -0.493 e. The average molecular weight is 372 g/mol. The minimum absolute atomic E-state index is 0.0548. The third kappa shape index (κ3) is 5.10. The van der Waals surface area contributed by atoms with Crippen molar-refractivity contribution < 1.29 is 19.1 Å². The lowest BCUT2D eigenvalue weighted by atomic mass is 9.96. The molecule has 0 aromatic heterocycles. The smallest absolute Gasteiger partial charge is 0.246 e. The van der Waals surface area contributed by atoms with Crippen LogP contribution in [0.15, 0.2) is 30.3 Å². The number of hydrogen-bond donors (Lipinski definition) is 0. The van der Waals surface area contributed by atoms with Gasteiger partial charge in [-0.3, -0.25) is 9.59 Å². The van der Waals surface area contributed by atoms with E-state index in [2.05, 4.69) is 0 Å². The van der Waals surface area contributed by atoms with Gasteiger partial charge in [-0.05, 0) is 31.9 Å². The highest BCUT2D eigenvalue weighted by Crippen LogP contribution is 2.22. The van der Waals surface area contributed by atoms with Crippen LogP contribution in [0.5, 0.6) is 5.75 Å². The molecule has 2 amide bonds. The second-order valence-corrected chi connectivity index (χ2v) is 6.87. The summed E-state index contributed by atoms with van der Waals surface area (Å²) in [6, 6.07) is 7.66. The lowest BCUT2D eigenvalue weighted by Crippen LogP contribution is -2.49. The maximum absolute atomic E-state index is 12.7. The van der Waals surface area contributed by atoms with Crippen LogP contribution in [-0.4, -0.2) is 67.6 Å². The molecule has 146 valence electrons. The van der Waals surface area contributed by atoms with Crippen LogP contribution in [0.3, 0.4) is 0 Å². The summed E-state index contributed by atoms with van der Waals surface area (Å²) in [5.41, 5.74) is 0.880. The van der Waals surface area contributed by atoms with Gasteiger partial charge in [0.15, 0.2) is 0 Å². The summed E-state index contributed by atoms with van der Waals surface area (Å²) in [6.45, 7) is 6.21. The first-order valence-electron chi connectivity index (χ1n) is 9.74. The number of rotatable bonds is 5. The molecule has 1 aromatic rings. The molecule has 2 aliphatic rings. The van der Waals surface area contributed by atoms with Gasteiger partial charge in [-0.15, -0.1) is 0 Å². The molecule has 1 atom stereocenters. The van der Waals surface area contributed by atoms with Crippen LogP contribution >= 0.6 is 0 Å². The Morgan fingerprint density at radius 2 is 1.96 bits per heavy atom. The van der Waals surface area contributed by atoms with Crippen molar-refractivity contribution in [2.45, 2.75) is 19.8 Å². The molecule has 2 fully saturated rings. The van der Waals surface area contributed by atoms with E-state index in [1.165, 1.54) is 0 Å². The monoisotopic (exact) mass is 372 g/mol. The Morgan fingerprint density at radius 3 is 2.74 bits per heavy atom. The van der Waals surface area contributed by atoms with Crippen molar-refractivity contribution in [3.05, 3.63) is 35.9 Å². The van der Waals surface area contributed by atoms with Gasteiger partial charge in [-0.25, -0.2) is 0 Å². The van der Waals surface area contributed by atoms with E-state index in [9.17, 15) is 9.59 Å². The summed E-state index contributed by atoms with van der Waals surface area (Å²) in [5, 5.41) is 0. The second-order valence-electron chi connectivity index (χ2n) is 6.87. The third-order valence-electron chi connectivity index (χ3n) is 5.03. The number of carbonyl (C=O) groups excluding carboxylic acids is 2. The number of hydrogen-bond acceptors (Lipinski definition) is 4.